The molecule has 0 fully saturated rings. The van der Waals surface area contributed by atoms with Crippen molar-refractivity contribution in [1.82, 2.24) is 0 Å². The lowest BCUT2D eigenvalue weighted by atomic mass is 10.3. The van der Waals surface area contributed by atoms with Crippen molar-refractivity contribution in [3.63, 3.8) is 0 Å². The summed E-state index contributed by atoms with van der Waals surface area (Å²) in [5, 5.41) is 8.79. The van der Waals surface area contributed by atoms with Crippen molar-refractivity contribution in [2.45, 2.75) is 0 Å². The molecule has 1 aromatic carbocycles. The topological polar surface area (TPSA) is 46.2 Å². The summed E-state index contributed by atoms with van der Waals surface area (Å²) in [6.07, 6.45) is 0. The van der Waals surface area contributed by atoms with Gasteiger partial charge in [-0.25, -0.2) is 0 Å². The van der Waals surface area contributed by atoms with E-state index in [0.29, 0.717) is 5.69 Å². The fraction of sp³-hybridized carbons (Fsp3) is 0. The zero-order valence-electron chi connectivity index (χ0n) is 4.83. The second-order valence-corrected chi connectivity index (χ2v) is 1.56. The maximum atomic E-state index is 8.79. The number of benzene rings is 1. The number of rotatable bonds is 0. The van der Waals surface area contributed by atoms with Crippen molar-refractivity contribution in [3.8, 4) is 5.75 Å². The molecule has 0 bridgehead atoms. The van der Waals surface area contributed by atoms with E-state index in [-0.39, 0.29) is 16.7 Å². The molecule has 0 aliphatic carbocycles. The largest absolute Gasteiger partial charge is 0.506 e. The third-order valence-corrected chi connectivity index (χ3v) is 0.937. The fourth-order valence-corrected chi connectivity index (χ4v) is 0.488. The summed E-state index contributed by atoms with van der Waals surface area (Å²) in [6.45, 7) is 0. The number of aromatic hydroxyl groups is 1. The summed E-state index contributed by atoms with van der Waals surface area (Å²) < 4.78 is 0. The third kappa shape index (κ3) is 1.77. The van der Waals surface area contributed by atoms with E-state index in [0.717, 1.165) is 0 Å². The molecular weight excluding hydrogens is 130 g/mol. The number of hydrogen-bond acceptors (Lipinski definition) is 2. The van der Waals surface area contributed by atoms with Crippen LogP contribution in [0.2, 0.25) is 0 Å². The standard InChI is InChI=1S/C6H7NO.Si/c7-5-3-1-2-4-6(5)8;/h1-4,8H,7H2;. The smallest absolute Gasteiger partial charge is 0.138 e. The van der Waals surface area contributed by atoms with E-state index in [9.17, 15) is 0 Å². The highest BCUT2D eigenvalue weighted by Crippen LogP contribution is 2.16. The average molecular weight is 137 g/mol. The van der Waals surface area contributed by atoms with E-state index in [1.54, 1.807) is 24.3 Å². The van der Waals surface area contributed by atoms with E-state index in [1.165, 1.54) is 0 Å². The average Bonchev–Trinajstić information content (AvgIpc) is 1.77. The predicted molar refractivity (Wildman–Crippen MR) is 38.3 cm³/mol. The normalized spacial score (nSPS) is 8.00. The molecular formula is C6H7NOSi. The van der Waals surface area contributed by atoms with E-state index >= 15 is 0 Å². The lowest BCUT2D eigenvalue weighted by Crippen LogP contribution is -1.82. The number of nitrogen functional groups attached to an aromatic ring is 1. The van der Waals surface area contributed by atoms with Gasteiger partial charge in [-0.3, -0.25) is 0 Å². The molecule has 9 heavy (non-hydrogen) atoms. The van der Waals surface area contributed by atoms with Gasteiger partial charge < -0.3 is 10.8 Å². The zero-order valence-corrected chi connectivity index (χ0v) is 5.83. The Hall–Kier alpha value is -0.963. The Morgan fingerprint density at radius 2 is 1.78 bits per heavy atom. The van der Waals surface area contributed by atoms with Gasteiger partial charge in [-0.05, 0) is 12.1 Å². The van der Waals surface area contributed by atoms with Crippen LogP contribution in [-0.4, -0.2) is 16.1 Å². The molecule has 4 radical (unpaired) electrons. The van der Waals surface area contributed by atoms with Crippen molar-refractivity contribution in [2.24, 2.45) is 0 Å². The Bertz CT molecular complexity index is 169. The van der Waals surface area contributed by atoms with E-state index in [4.69, 9.17) is 10.8 Å². The summed E-state index contributed by atoms with van der Waals surface area (Å²) >= 11 is 0. The highest BCUT2D eigenvalue weighted by atomic mass is 28.1. The molecule has 0 spiro atoms. The van der Waals surface area contributed by atoms with Gasteiger partial charge in [-0.2, -0.15) is 0 Å². The van der Waals surface area contributed by atoms with Gasteiger partial charge in [0.05, 0.1) is 5.69 Å². The molecule has 0 aromatic heterocycles. The first kappa shape index (κ1) is 8.04. The quantitative estimate of drug-likeness (QED) is 0.312. The Balaban J connectivity index is 0.000000640. The number of para-hydroxylation sites is 2. The number of phenolic OH excluding ortho intramolecular Hbond substituents is 1. The molecule has 2 nitrogen and oxygen atoms in total. The van der Waals surface area contributed by atoms with E-state index < -0.39 is 0 Å². The SMILES string of the molecule is Nc1ccccc1O.[Si]. The van der Waals surface area contributed by atoms with E-state index in [2.05, 4.69) is 0 Å². The molecule has 0 amide bonds. The van der Waals surface area contributed by atoms with E-state index in [1.807, 2.05) is 0 Å². The van der Waals surface area contributed by atoms with Crippen LogP contribution in [0.1, 0.15) is 0 Å². The number of nitrogens with two attached hydrogens (primary N) is 1. The molecule has 0 aliphatic heterocycles. The molecule has 0 aliphatic rings. The van der Waals surface area contributed by atoms with Crippen LogP contribution in [0.4, 0.5) is 5.69 Å². The van der Waals surface area contributed by atoms with Crippen molar-refractivity contribution in [2.75, 3.05) is 5.73 Å². The Labute approximate surface area is 58.3 Å². The molecule has 0 atom stereocenters. The highest BCUT2D eigenvalue weighted by Gasteiger charge is 1.87. The summed E-state index contributed by atoms with van der Waals surface area (Å²) in [5.74, 6) is 0.146. The van der Waals surface area contributed by atoms with Gasteiger partial charge >= 0.3 is 0 Å². The van der Waals surface area contributed by atoms with Crippen molar-refractivity contribution >= 4 is 16.7 Å². The van der Waals surface area contributed by atoms with Crippen LogP contribution in [0.5, 0.6) is 5.75 Å². The predicted octanol–water partition coefficient (Wildman–Crippen LogP) is 0.594. The van der Waals surface area contributed by atoms with Crippen LogP contribution < -0.4 is 5.73 Å². The van der Waals surface area contributed by atoms with Gasteiger partial charge in [0.15, 0.2) is 0 Å². The van der Waals surface area contributed by atoms with Crippen molar-refractivity contribution in [1.29, 1.82) is 0 Å². The number of phenols is 1. The maximum absolute atomic E-state index is 8.79. The van der Waals surface area contributed by atoms with Gasteiger partial charge in [0.2, 0.25) is 0 Å². The monoisotopic (exact) mass is 137 g/mol. The molecule has 0 unspecified atom stereocenters. The molecule has 0 saturated carbocycles. The molecule has 3 N–H and O–H groups in total. The minimum absolute atomic E-state index is 0. The minimum atomic E-state index is 0. The van der Waals surface area contributed by atoms with Gasteiger partial charge in [-0.15, -0.1) is 0 Å². The second-order valence-electron chi connectivity index (χ2n) is 1.56. The van der Waals surface area contributed by atoms with Crippen molar-refractivity contribution < 1.29 is 5.11 Å². The Morgan fingerprint density at radius 3 is 2.11 bits per heavy atom. The van der Waals surface area contributed by atoms with Gasteiger partial charge in [0.25, 0.3) is 0 Å². The maximum Gasteiger partial charge on any atom is 0.138 e. The molecule has 1 rings (SSSR count). The molecule has 0 heterocycles. The first-order valence-electron chi connectivity index (χ1n) is 2.34. The highest BCUT2D eigenvalue weighted by molar-refractivity contribution is 5.75. The Morgan fingerprint density at radius 1 is 1.22 bits per heavy atom. The van der Waals surface area contributed by atoms with Gasteiger partial charge in [0, 0.05) is 11.0 Å². The van der Waals surface area contributed by atoms with Crippen LogP contribution >= 0.6 is 0 Å². The lowest BCUT2D eigenvalue weighted by Gasteiger charge is -1.92. The molecule has 3 heteroatoms. The summed E-state index contributed by atoms with van der Waals surface area (Å²) in [5.41, 5.74) is 5.69. The molecule has 0 saturated heterocycles. The van der Waals surface area contributed by atoms with Crippen LogP contribution in [0.25, 0.3) is 0 Å². The van der Waals surface area contributed by atoms with Crippen LogP contribution in [0, 0.1) is 0 Å². The first-order chi connectivity index (χ1) is 3.80. The fourth-order valence-electron chi connectivity index (χ4n) is 0.488. The van der Waals surface area contributed by atoms with Gasteiger partial charge in [0.1, 0.15) is 5.75 Å². The third-order valence-electron chi connectivity index (χ3n) is 0.937. The summed E-state index contributed by atoms with van der Waals surface area (Å²) in [6, 6.07) is 6.70. The van der Waals surface area contributed by atoms with Crippen LogP contribution in [-0.2, 0) is 0 Å². The summed E-state index contributed by atoms with van der Waals surface area (Å²) in [7, 11) is 0. The molecule has 46 valence electrons. The lowest BCUT2D eigenvalue weighted by molar-refractivity contribution is 0.478. The first-order valence-corrected chi connectivity index (χ1v) is 2.34. The van der Waals surface area contributed by atoms with Gasteiger partial charge in [-0.1, -0.05) is 12.1 Å². The number of hydrogen-bond donors (Lipinski definition) is 2. The number of anilines is 1. The van der Waals surface area contributed by atoms with Crippen molar-refractivity contribution in [3.05, 3.63) is 24.3 Å². The summed E-state index contributed by atoms with van der Waals surface area (Å²) in [4.78, 5) is 0. The van der Waals surface area contributed by atoms with Crippen LogP contribution in [0.3, 0.4) is 0 Å². The minimum Gasteiger partial charge on any atom is -0.506 e. The molecule has 1 aromatic rings. The zero-order chi connectivity index (χ0) is 5.98. The second kappa shape index (κ2) is 3.14. The van der Waals surface area contributed by atoms with Crippen LogP contribution in [0.15, 0.2) is 24.3 Å². The Kier molecular flexibility index (Phi) is 2.80.